The van der Waals surface area contributed by atoms with Crippen LogP contribution in [0, 0.1) is 0 Å². The molecule has 11 heavy (non-hydrogen) atoms. The zero-order valence-corrected chi connectivity index (χ0v) is 9.30. The van der Waals surface area contributed by atoms with Crippen LogP contribution in [0.3, 0.4) is 0 Å². The number of carbonyl (C=O) groups excluding carboxylic acids is 1. The van der Waals surface area contributed by atoms with Gasteiger partial charge in [0.05, 0.1) is 5.97 Å². The molecule has 0 aromatic rings. The Labute approximate surface area is 90.0 Å². The van der Waals surface area contributed by atoms with Gasteiger partial charge in [0.1, 0.15) is 0 Å². The van der Waals surface area contributed by atoms with Gasteiger partial charge >= 0.3 is 29.6 Å². The van der Waals surface area contributed by atoms with E-state index in [2.05, 4.69) is 6.92 Å². The van der Waals surface area contributed by atoms with Gasteiger partial charge in [0, 0.05) is 0 Å². The van der Waals surface area contributed by atoms with Crippen molar-refractivity contribution in [1.82, 2.24) is 0 Å². The molecule has 0 fully saturated rings. The molecule has 0 aromatic heterocycles. The smallest absolute Gasteiger partial charge is 0.545 e. The largest absolute Gasteiger partial charge is 1.00 e. The Morgan fingerprint density at radius 3 is 2.55 bits per heavy atom. The Morgan fingerprint density at radius 1 is 1.45 bits per heavy atom. The maximum absolute atomic E-state index is 9.83. The van der Waals surface area contributed by atoms with E-state index in [9.17, 15) is 9.90 Å². The van der Waals surface area contributed by atoms with E-state index in [1.165, 1.54) is 6.42 Å². The van der Waals surface area contributed by atoms with Crippen molar-refractivity contribution >= 4 is 5.97 Å². The monoisotopic (exact) mass is 164 g/mol. The zero-order chi connectivity index (χ0) is 7.82. The van der Waals surface area contributed by atoms with Gasteiger partial charge in [-0.15, -0.1) is 0 Å². The Kier molecular flexibility index (Phi) is 12.8. The maximum atomic E-state index is 9.83. The van der Waals surface area contributed by atoms with Gasteiger partial charge in [0.15, 0.2) is 0 Å². The Morgan fingerprint density at radius 2 is 2.09 bits per heavy atom. The van der Waals surface area contributed by atoms with E-state index in [-0.39, 0.29) is 29.6 Å². The fourth-order valence-electron chi connectivity index (χ4n) is 0.692. The second-order valence-electron chi connectivity index (χ2n) is 2.22. The average Bonchev–Trinajstić information content (AvgIpc) is 1.87. The molecular formula is C8H13NaO2. The fourth-order valence-corrected chi connectivity index (χ4v) is 0.692. The molecule has 0 aromatic carbocycles. The first-order chi connectivity index (χ1) is 4.77. The summed E-state index contributed by atoms with van der Waals surface area (Å²) in [6, 6.07) is 0. The van der Waals surface area contributed by atoms with Crippen molar-refractivity contribution in [3.8, 4) is 0 Å². The summed E-state index contributed by atoms with van der Waals surface area (Å²) in [5.41, 5.74) is 0. The summed E-state index contributed by atoms with van der Waals surface area (Å²) in [6.07, 6.45) is 6.99. The number of allylic oxidation sites excluding steroid dienone is 1. The Balaban J connectivity index is 0. The van der Waals surface area contributed by atoms with Crippen molar-refractivity contribution in [2.75, 3.05) is 0 Å². The number of hydrogen-bond donors (Lipinski definition) is 0. The standard InChI is InChI=1S/C8H14O2.Na/c1-2-3-4-5-6-7-8(9)10;/h6-7H,2-5H2,1H3,(H,9,10);/q;+1/p-1/b7-6+;. The molecule has 0 amide bonds. The van der Waals surface area contributed by atoms with E-state index in [1.54, 1.807) is 6.08 Å². The van der Waals surface area contributed by atoms with Gasteiger partial charge in [-0.05, 0) is 18.9 Å². The summed E-state index contributed by atoms with van der Waals surface area (Å²) in [5.74, 6) is -1.10. The minimum Gasteiger partial charge on any atom is -0.545 e. The van der Waals surface area contributed by atoms with Crippen molar-refractivity contribution < 1.29 is 39.5 Å². The molecular weight excluding hydrogens is 151 g/mol. The molecule has 0 aliphatic rings. The van der Waals surface area contributed by atoms with Crippen molar-refractivity contribution in [3.63, 3.8) is 0 Å². The molecule has 3 heteroatoms. The third-order valence-electron chi connectivity index (χ3n) is 1.23. The molecule has 0 heterocycles. The van der Waals surface area contributed by atoms with Crippen LogP contribution in [0.4, 0.5) is 0 Å². The second kappa shape index (κ2) is 10.2. The number of carbonyl (C=O) groups is 1. The Bertz CT molecular complexity index is 121. The van der Waals surface area contributed by atoms with Gasteiger partial charge in [-0.1, -0.05) is 25.8 Å². The predicted molar refractivity (Wildman–Crippen MR) is 38.3 cm³/mol. The van der Waals surface area contributed by atoms with E-state index >= 15 is 0 Å². The van der Waals surface area contributed by atoms with E-state index in [4.69, 9.17) is 0 Å². The molecule has 0 N–H and O–H groups in total. The topological polar surface area (TPSA) is 40.1 Å². The second-order valence-corrected chi connectivity index (χ2v) is 2.22. The number of carboxylic acid groups (broad SMARTS) is 1. The maximum Gasteiger partial charge on any atom is 1.00 e. The summed E-state index contributed by atoms with van der Waals surface area (Å²) in [6.45, 7) is 2.11. The first kappa shape index (κ1) is 13.8. The molecule has 0 spiro atoms. The summed E-state index contributed by atoms with van der Waals surface area (Å²) in [4.78, 5) is 9.83. The van der Waals surface area contributed by atoms with Crippen LogP contribution in [0.5, 0.6) is 0 Å². The molecule has 0 aliphatic carbocycles. The molecule has 0 unspecified atom stereocenters. The summed E-state index contributed by atoms with van der Waals surface area (Å²) >= 11 is 0. The molecule has 0 bridgehead atoms. The van der Waals surface area contributed by atoms with Crippen LogP contribution < -0.4 is 34.7 Å². The molecule has 0 radical (unpaired) electrons. The van der Waals surface area contributed by atoms with Crippen molar-refractivity contribution in [1.29, 1.82) is 0 Å². The molecule has 0 rings (SSSR count). The summed E-state index contributed by atoms with van der Waals surface area (Å²) in [7, 11) is 0. The number of carboxylic acids is 1. The van der Waals surface area contributed by atoms with Crippen molar-refractivity contribution in [2.24, 2.45) is 0 Å². The van der Waals surface area contributed by atoms with Crippen molar-refractivity contribution in [3.05, 3.63) is 12.2 Å². The van der Waals surface area contributed by atoms with E-state index < -0.39 is 5.97 Å². The molecule has 0 saturated carbocycles. The van der Waals surface area contributed by atoms with Crippen molar-refractivity contribution in [2.45, 2.75) is 32.6 Å². The number of rotatable bonds is 5. The van der Waals surface area contributed by atoms with Gasteiger partial charge in [-0.3, -0.25) is 0 Å². The molecule has 0 aliphatic heterocycles. The predicted octanol–water partition coefficient (Wildman–Crippen LogP) is -2.12. The molecule has 0 saturated heterocycles. The van der Waals surface area contributed by atoms with Gasteiger partial charge < -0.3 is 9.90 Å². The number of hydrogen-bond acceptors (Lipinski definition) is 2. The SMILES string of the molecule is CCCCC/C=C/C(=O)[O-].[Na+]. The van der Waals surface area contributed by atoms with E-state index in [0.29, 0.717) is 0 Å². The number of aliphatic carboxylic acids is 1. The van der Waals surface area contributed by atoms with Crippen LogP contribution in [0.25, 0.3) is 0 Å². The molecule has 0 atom stereocenters. The van der Waals surface area contributed by atoms with Gasteiger partial charge in [-0.2, -0.15) is 0 Å². The van der Waals surface area contributed by atoms with Crippen LogP contribution in [-0.4, -0.2) is 5.97 Å². The van der Waals surface area contributed by atoms with Crippen LogP contribution in [0.2, 0.25) is 0 Å². The summed E-state index contributed by atoms with van der Waals surface area (Å²) < 4.78 is 0. The van der Waals surface area contributed by atoms with E-state index in [0.717, 1.165) is 25.3 Å². The average molecular weight is 164 g/mol. The fraction of sp³-hybridized carbons (Fsp3) is 0.625. The summed E-state index contributed by atoms with van der Waals surface area (Å²) in [5, 5.41) is 9.83. The minimum atomic E-state index is -1.10. The normalized spacial score (nSPS) is 9.55. The quantitative estimate of drug-likeness (QED) is 0.265. The van der Waals surface area contributed by atoms with Crippen LogP contribution in [0.1, 0.15) is 32.6 Å². The Hall–Kier alpha value is 0.210. The first-order valence-electron chi connectivity index (χ1n) is 3.65. The first-order valence-corrected chi connectivity index (χ1v) is 3.65. The van der Waals surface area contributed by atoms with Gasteiger partial charge in [0.25, 0.3) is 0 Å². The van der Waals surface area contributed by atoms with Gasteiger partial charge in [0.2, 0.25) is 0 Å². The third kappa shape index (κ3) is 13.2. The van der Waals surface area contributed by atoms with E-state index in [1.807, 2.05) is 0 Å². The number of unbranched alkanes of at least 4 members (excludes halogenated alkanes) is 3. The molecule has 2 nitrogen and oxygen atoms in total. The van der Waals surface area contributed by atoms with Crippen LogP contribution >= 0.6 is 0 Å². The zero-order valence-electron chi connectivity index (χ0n) is 7.30. The van der Waals surface area contributed by atoms with Crippen LogP contribution in [0.15, 0.2) is 12.2 Å². The van der Waals surface area contributed by atoms with Gasteiger partial charge in [-0.25, -0.2) is 0 Å². The molecule has 58 valence electrons. The van der Waals surface area contributed by atoms with Crippen LogP contribution in [-0.2, 0) is 4.79 Å². The minimum absolute atomic E-state index is 0. The third-order valence-corrected chi connectivity index (χ3v) is 1.23.